The fourth-order valence-corrected chi connectivity index (χ4v) is 7.45. The molecule has 4 N–H and O–H groups in total. The smallest absolute Gasteiger partial charge is 0.0736 e. The number of hydrogen-bond acceptors (Lipinski definition) is 4. The second-order valence-corrected chi connectivity index (χ2v) is 13.7. The van der Waals surface area contributed by atoms with Crippen LogP contribution in [0.15, 0.2) is 109 Å². The zero-order chi connectivity index (χ0) is 35.6. The van der Waals surface area contributed by atoms with Crippen LogP contribution in [0, 0.1) is 0 Å². The molecule has 0 saturated carbocycles. The van der Waals surface area contributed by atoms with Crippen molar-refractivity contribution in [3.63, 3.8) is 0 Å². The molecule has 8 nitrogen and oxygen atoms in total. The fraction of sp³-hybridized carbons (Fsp3) is 0. The van der Waals surface area contributed by atoms with Crippen LogP contribution in [0.5, 0.6) is 0 Å². The van der Waals surface area contributed by atoms with Crippen molar-refractivity contribution in [3.8, 4) is 22.3 Å². The van der Waals surface area contributed by atoms with Crippen LogP contribution < -0.4 is 0 Å². The maximum Gasteiger partial charge on any atom is 0.0736 e. The number of fused-ring (bicyclic) bond motifs is 16. The normalized spacial score (nSPS) is 12.9. The summed E-state index contributed by atoms with van der Waals surface area (Å²) in [5.74, 6) is 0. The van der Waals surface area contributed by atoms with Crippen molar-refractivity contribution in [2.24, 2.45) is 0 Å². The molecule has 6 aromatic heterocycles. The van der Waals surface area contributed by atoms with E-state index in [2.05, 4.69) is 153 Å². The van der Waals surface area contributed by atoms with Crippen molar-refractivity contribution in [3.05, 3.63) is 155 Å². The number of benzene rings is 1. The summed E-state index contributed by atoms with van der Waals surface area (Å²) in [7, 11) is 0. The Bertz CT molecular complexity index is 2970. The van der Waals surface area contributed by atoms with Gasteiger partial charge in [-0.1, -0.05) is 18.2 Å². The van der Waals surface area contributed by atoms with Gasteiger partial charge in [-0.05, 0) is 151 Å². The van der Waals surface area contributed by atoms with E-state index in [1.807, 2.05) is 24.3 Å². The molecule has 0 atom stereocenters. The molecule has 0 amide bonds. The Morgan fingerprint density at radius 2 is 0.630 bits per heavy atom. The lowest BCUT2D eigenvalue weighted by molar-refractivity contribution is 1.31. The van der Waals surface area contributed by atoms with Gasteiger partial charge in [-0.2, -0.15) is 0 Å². The summed E-state index contributed by atoms with van der Waals surface area (Å²) in [5.41, 5.74) is 18.9. The van der Waals surface area contributed by atoms with E-state index in [1.165, 1.54) is 0 Å². The molecule has 0 unspecified atom stereocenters. The fourth-order valence-electron chi connectivity index (χ4n) is 7.45. The largest absolute Gasteiger partial charge is 0.355 e. The van der Waals surface area contributed by atoms with Gasteiger partial charge in [0.05, 0.1) is 45.6 Å². The molecule has 7 aromatic rings. The zero-order valence-corrected chi connectivity index (χ0v) is 28.8. The maximum absolute atomic E-state index is 5.14. The first-order valence-corrected chi connectivity index (χ1v) is 17.9. The molecule has 0 radical (unpaired) electrons. The summed E-state index contributed by atoms with van der Waals surface area (Å²) < 4.78 is 0. The SMILES string of the molecule is C1=Cc2cc3ccc([nH]3)c(-c3cccc(-c4c5nc(cc6ccc(cc7nc(cc8ccc4[nH]8)C=C7)[nH]6)C=C5)c3)c3nc(cc4ccc(cc1n2)[nH]4)C=C3. The number of nitrogens with one attached hydrogen (secondary N) is 4. The molecule has 254 valence electrons. The maximum atomic E-state index is 5.14. The van der Waals surface area contributed by atoms with Crippen LogP contribution in [0.2, 0.25) is 0 Å². The number of rotatable bonds is 2. The van der Waals surface area contributed by atoms with Crippen LogP contribution in [0.1, 0.15) is 45.6 Å². The Morgan fingerprint density at radius 3 is 1.04 bits per heavy atom. The van der Waals surface area contributed by atoms with E-state index in [-0.39, 0.29) is 0 Å². The van der Waals surface area contributed by atoms with E-state index in [9.17, 15) is 0 Å². The minimum Gasteiger partial charge on any atom is -0.355 e. The number of H-pyrrole nitrogens is 4. The molecular weight excluding hydrogens is 665 g/mol. The summed E-state index contributed by atoms with van der Waals surface area (Å²) in [6.07, 6.45) is 16.5. The highest BCUT2D eigenvalue weighted by Gasteiger charge is 2.15. The van der Waals surface area contributed by atoms with Crippen LogP contribution in [0.3, 0.4) is 0 Å². The van der Waals surface area contributed by atoms with Gasteiger partial charge in [0.2, 0.25) is 0 Å². The number of aromatic nitrogens is 8. The molecule has 16 bridgehead atoms. The molecule has 10 heterocycles. The number of nitrogens with zero attached hydrogens (tertiary/aromatic N) is 4. The van der Waals surface area contributed by atoms with Gasteiger partial charge in [0.25, 0.3) is 0 Å². The van der Waals surface area contributed by atoms with Gasteiger partial charge in [0.15, 0.2) is 0 Å². The third kappa shape index (κ3) is 5.59. The van der Waals surface area contributed by atoms with Crippen molar-refractivity contribution in [1.29, 1.82) is 0 Å². The molecular formula is C46H30N8. The molecule has 1 aromatic carbocycles. The van der Waals surface area contributed by atoms with Crippen molar-refractivity contribution in [2.75, 3.05) is 0 Å². The lowest BCUT2D eigenvalue weighted by Gasteiger charge is -2.09. The lowest BCUT2D eigenvalue weighted by Crippen LogP contribution is -1.89. The van der Waals surface area contributed by atoms with Crippen molar-refractivity contribution in [2.45, 2.75) is 0 Å². The highest BCUT2D eigenvalue weighted by molar-refractivity contribution is 5.96. The predicted molar refractivity (Wildman–Crippen MR) is 222 cm³/mol. The molecule has 0 spiro atoms. The summed E-state index contributed by atoms with van der Waals surface area (Å²) >= 11 is 0. The van der Waals surface area contributed by atoms with E-state index in [1.54, 1.807) is 0 Å². The van der Waals surface area contributed by atoms with Gasteiger partial charge < -0.3 is 19.9 Å². The van der Waals surface area contributed by atoms with E-state index < -0.39 is 0 Å². The molecule has 0 aliphatic carbocycles. The standard InChI is InChI=1S/C46H30N8/c1-2-27(45-41-16-12-37(51-41)23-33-8-4-29(47-33)21-30-5-9-34(48-30)24-38-13-17-42(45)52-38)20-28(3-1)46-43-18-14-39(53-43)25-35-10-6-31(49-35)22-32-7-11-36(50-32)26-40-15-19-44(46)54-40/h1-26,47,49,52,54H. The van der Waals surface area contributed by atoms with Crippen molar-refractivity contribution >= 4 is 92.7 Å². The Morgan fingerprint density at radius 1 is 0.296 bits per heavy atom. The number of aromatic amines is 4. The number of hydrogen-bond donors (Lipinski definition) is 4. The van der Waals surface area contributed by atoms with Crippen LogP contribution in [-0.4, -0.2) is 39.9 Å². The molecule has 4 aliphatic rings. The van der Waals surface area contributed by atoms with E-state index >= 15 is 0 Å². The van der Waals surface area contributed by atoms with Crippen LogP contribution in [-0.2, 0) is 0 Å². The molecule has 11 rings (SSSR count). The second kappa shape index (κ2) is 12.0. The Labute approximate surface area is 308 Å². The molecule has 0 fully saturated rings. The Kier molecular flexibility index (Phi) is 6.69. The van der Waals surface area contributed by atoms with Gasteiger partial charge >= 0.3 is 0 Å². The second-order valence-electron chi connectivity index (χ2n) is 13.7. The Balaban J connectivity index is 1.15. The summed E-state index contributed by atoms with van der Waals surface area (Å²) in [4.78, 5) is 34.3. The molecule has 4 aliphatic heterocycles. The predicted octanol–water partition coefficient (Wildman–Crippen LogP) is 11.0. The third-order valence-electron chi connectivity index (χ3n) is 9.88. The molecule has 8 heteroatoms. The zero-order valence-electron chi connectivity index (χ0n) is 28.8. The van der Waals surface area contributed by atoms with Crippen LogP contribution >= 0.6 is 0 Å². The average Bonchev–Trinajstić information content (AvgIpc) is 4.01. The highest BCUT2D eigenvalue weighted by Crippen LogP contribution is 2.36. The van der Waals surface area contributed by atoms with Crippen molar-refractivity contribution in [1.82, 2.24) is 39.9 Å². The summed E-state index contributed by atoms with van der Waals surface area (Å²) in [6, 6.07) is 37.7. The first-order chi connectivity index (χ1) is 26.6. The average molecular weight is 695 g/mol. The topological polar surface area (TPSA) is 115 Å². The molecule has 0 saturated heterocycles. The van der Waals surface area contributed by atoms with E-state index in [0.717, 1.165) is 112 Å². The van der Waals surface area contributed by atoms with Gasteiger partial charge in [-0.15, -0.1) is 0 Å². The van der Waals surface area contributed by atoms with Gasteiger partial charge in [0.1, 0.15) is 0 Å². The highest BCUT2D eigenvalue weighted by atomic mass is 14.8. The Hall–Kier alpha value is -7.58. The van der Waals surface area contributed by atoms with Gasteiger partial charge in [0, 0.05) is 55.3 Å². The third-order valence-corrected chi connectivity index (χ3v) is 9.88. The monoisotopic (exact) mass is 694 g/mol. The quantitative estimate of drug-likeness (QED) is 0.144. The van der Waals surface area contributed by atoms with E-state index in [4.69, 9.17) is 19.9 Å². The summed E-state index contributed by atoms with van der Waals surface area (Å²) in [6.45, 7) is 0. The minimum absolute atomic E-state index is 0.872. The van der Waals surface area contributed by atoms with Crippen LogP contribution in [0.25, 0.3) is 115 Å². The first-order valence-electron chi connectivity index (χ1n) is 17.9. The van der Waals surface area contributed by atoms with Crippen molar-refractivity contribution < 1.29 is 0 Å². The molecule has 54 heavy (non-hydrogen) atoms. The summed E-state index contributed by atoms with van der Waals surface area (Å²) in [5, 5.41) is 0. The van der Waals surface area contributed by atoms with Gasteiger partial charge in [-0.25, -0.2) is 19.9 Å². The first kappa shape index (κ1) is 30.1. The lowest BCUT2D eigenvalue weighted by atomic mass is 9.97. The van der Waals surface area contributed by atoms with E-state index in [0.29, 0.717) is 0 Å². The van der Waals surface area contributed by atoms with Gasteiger partial charge in [-0.3, -0.25) is 0 Å². The van der Waals surface area contributed by atoms with Crippen LogP contribution in [0.4, 0.5) is 0 Å². The minimum atomic E-state index is 0.872.